The Morgan fingerprint density at radius 1 is 1.20 bits per heavy atom. The SMILES string of the molecule is CCOC(=O)N1C=C(Br)c2ccccc2C1C#Cc1ccc(C)cc1. The number of fused-ring (bicyclic) bond motifs is 1. The summed E-state index contributed by atoms with van der Waals surface area (Å²) in [4.78, 5) is 13.9. The number of aryl methyl sites for hydroxylation is 1. The first-order valence-electron chi connectivity index (χ1n) is 8.10. The predicted octanol–water partition coefficient (Wildman–Crippen LogP) is 5.25. The van der Waals surface area contributed by atoms with Crippen molar-refractivity contribution in [2.75, 3.05) is 6.61 Å². The van der Waals surface area contributed by atoms with Crippen molar-refractivity contribution in [1.82, 2.24) is 4.90 Å². The van der Waals surface area contributed by atoms with E-state index < -0.39 is 12.1 Å². The second-order valence-corrected chi connectivity index (χ2v) is 6.56. The monoisotopic (exact) mass is 395 g/mol. The van der Waals surface area contributed by atoms with Gasteiger partial charge in [0.05, 0.1) is 6.61 Å². The molecule has 0 radical (unpaired) electrons. The van der Waals surface area contributed by atoms with Crippen LogP contribution in [0.5, 0.6) is 0 Å². The van der Waals surface area contributed by atoms with Crippen LogP contribution in [0.3, 0.4) is 0 Å². The van der Waals surface area contributed by atoms with Crippen LogP contribution >= 0.6 is 15.9 Å². The standard InChI is InChI=1S/C21H18BrNO2/c1-3-25-21(24)23-14-19(22)17-6-4-5-7-18(17)20(23)13-12-16-10-8-15(2)9-11-16/h4-11,14,20H,3H2,1-2H3. The number of nitrogens with zero attached hydrogens (tertiary/aromatic N) is 1. The summed E-state index contributed by atoms with van der Waals surface area (Å²) in [5, 5.41) is 0. The molecule has 3 nitrogen and oxygen atoms in total. The third-order valence-corrected chi connectivity index (χ3v) is 4.56. The van der Waals surface area contributed by atoms with Crippen molar-refractivity contribution in [3.63, 3.8) is 0 Å². The number of halogens is 1. The Morgan fingerprint density at radius 3 is 2.64 bits per heavy atom. The van der Waals surface area contributed by atoms with E-state index in [2.05, 4.69) is 27.8 Å². The lowest BCUT2D eigenvalue weighted by molar-refractivity contribution is 0.116. The summed E-state index contributed by atoms with van der Waals surface area (Å²) in [5.41, 5.74) is 4.12. The molecule has 2 aromatic rings. The molecule has 2 aromatic carbocycles. The number of hydrogen-bond acceptors (Lipinski definition) is 2. The van der Waals surface area contributed by atoms with E-state index in [1.54, 1.807) is 13.1 Å². The Labute approximate surface area is 156 Å². The molecule has 1 amide bonds. The molecule has 0 bridgehead atoms. The zero-order valence-corrected chi connectivity index (χ0v) is 15.7. The van der Waals surface area contributed by atoms with Crippen molar-refractivity contribution in [2.45, 2.75) is 19.9 Å². The molecule has 0 saturated heterocycles. The van der Waals surface area contributed by atoms with Gasteiger partial charge in [-0.2, -0.15) is 0 Å². The van der Waals surface area contributed by atoms with E-state index in [1.165, 1.54) is 10.5 Å². The first-order valence-corrected chi connectivity index (χ1v) is 8.89. The summed E-state index contributed by atoms with van der Waals surface area (Å²) < 4.78 is 6.03. The molecule has 126 valence electrons. The first-order chi connectivity index (χ1) is 12.1. The molecule has 4 heteroatoms. The van der Waals surface area contributed by atoms with Crippen molar-refractivity contribution >= 4 is 26.5 Å². The van der Waals surface area contributed by atoms with Gasteiger partial charge >= 0.3 is 6.09 Å². The van der Waals surface area contributed by atoms with Gasteiger partial charge in [-0.25, -0.2) is 4.79 Å². The van der Waals surface area contributed by atoms with E-state index in [-0.39, 0.29) is 0 Å². The van der Waals surface area contributed by atoms with Gasteiger partial charge in [0.15, 0.2) is 0 Å². The van der Waals surface area contributed by atoms with Crippen LogP contribution in [0.15, 0.2) is 54.7 Å². The second-order valence-electron chi connectivity index (χ2n) is 5.71. The zero-order chi connectivity index (χ0) is 17.8. The highest BCUT2D eigenvalue weighted by Gasteiger charge is 2.30. The highest BCUT2D eigenvalue weighted by Crippen LogP contribution is 2.37. The molecule has 0 N–H and O–H groups in total. The molecule has 1 aliphatic rings. The lowest BCUT2D eigenvalue weighted by atomic mass is 9.96. The maximum absolute atomic E-state index is 12.4. The summed E-state index contributed by atoms with van der Waals surface area (Å²) in [6.45, 7) is 4.15. The minimum absolute atomic E-state index is 0.320. The van der Waals surface area contributed by atoms with E-state index >= 15 is 0 Å². The van der Waals surface area contributed by atoms with Gasteiger partial charge in [-0.1, -0.05) is 53.8 Å². The molecule has 0 aromatic heterocycles. The van der Waals surface area contributed by atoms with Crippen molar-refractivity contribution < 1.29 is 9.53 Å². The quantitative estimate of drug-likeness (QED) is 0.616. The van der Waals surface area contributed by atoms with Crippen LogP contribution in [0.4, 0.5) is 4.79 Å². The fourth-order valence-electron chi connectivity index (χ4n) is 2.66. The molecular weight excluding hydrogens is 378 g/mol. The average Bonchev–Trinajstić information content (AvgIpc) is 2.62. The van der Waals surface area contributed by atoms with Gasteiger partial charge in [-0.3, -0.25) is 4.90 Å². The Kier molecular flexibility index (Phi) is 5.25. The van der Waals surface area contributed by atoms with Gasteiger partial charge < -0.3 is 4.74 Å². The summed E-state index contributed by atoms with van der Waals surface area (Å²) in [6, 6.07) is 15.6. The van der Waals surface area contributed by atoms with E-state index in [0.29, 0.717) is 6.61 Å². The highest BCUT2D eigenvalue weighted by atomic mass is 79.9. The molecule has 1 heterocycles. The number of carbonyl (C=O) groups excluding carboxylic acids is 1. The topological polar surface area (TPSA) is 29.5 Å². The maximum atomic E-state index is 12.4. The number of rotatable bonds is 1. The fraction of sp³-hybridized carbons (Fsp3) is 0.190. The molecule has 1 atom stereocenters. The molecule has 3 rings (SSSR count). The largest absolute Gasteiger partial charge is 0.449 e. The summed E-state index contributed by atoms with van der Waals surface area (Å²) >= 11 is 3.54. The smallest absolute Gasteiger partial charge is 0.415 e. The second kappa shape index (κ2) is 7.58. The minimum atomic E-state index is -0.405. The van der Waals surface area contributed by atoms with E-state index in [4.69, 9.17) is 4.74 Å². The number of amides is 1. The van der Waals surface area contributed by atoms with E-state index in [0.717, 1.165) is 21.2 Å². The Morgan fingerprint density at radius 2 is 1.92 bits per heavy atom. The lowest BCUT2D eigenvalue weighted by Gasteiger charge is -2.30. The van der Waals surface area contributed by atoms with Gasteiger partial charge in [0.25, 0.3) is 0 Å². The van der Waals surface area contributed by atoms with Crippen LogP contribution in [0.25, 0.3) is 4.48 Å². The minimum Gasteiger partial charge on any atom is -0.449 e. The first kappa shape index (κ1) is 17.3. The predicted molar refractivity (Wildman–Crippen MR) is 103 cm³/mol. The van der Waals surface area contributed by atoms with Crippen molar-refractivity contribution in [1.29, 1.82) is 0 Å². The van der Waals surface area contributed by atoms with Gasteiger partial charge in [0.1, 0.15) is 6.04 Å². The summed E-state index contributed by atoms with van der Waals surface area (Å²) in [5.74, 6) is 6.41. The lowest BCUT2D eigenvalue weighted by Crippen LogP contribution is -2.33. The van der Waals surface area contributed by atoms with Gasteiger partial charge in [-0.05, 0) is 53.0 Å². The van der Waals surface area contributed by atoms with Crippen LogP contribution in [0.2, 0.25) is 0 Å². The average molecular weight is 396 g/mol. The molecule has 0 aliphatic carbocycles. The molecule has 0 spiro atoms. The van der Waals surface area contributed by atoms with Crippen molar-refractivity contribution in [2.24, 2.45) is 0 Å². The maximum Gasteiger partial charge on any atom is 0.415 e. The van der Waals surface area contributed by atoms with Crippen LogP contribution in [-0.2, 0) is 4.74 Å². The van der Waals surface area contributed by atoms with Crippen LogP contribution in [-0.4, -0.2) is 17.6 Å². The van der Waals surface area contributed by atoms with E-state index in [9.17, 15) is 4.79 Å². The number of carbonyl (C=O) groups is 1. The van der Waals surface area contributed by atoms with Gasteiger partial charge in [0, 0.05) is 16.2 Å². The fourth-order valence-corrected chi connectivity index (χ4v) is 3.24. The summed E-state index contributed by atoms with van der Waals surface area (Å²) in [7, 11) is 0. The Bertz CT molecular complexity index is 875. The molecular formula is C21H18BrNO2. The molecule has 25 heavy (non-hydrogen) atoms. The van der Waals surface area contributed by atoms with Crippen molar-refractivity contribution in [3.8, 4) is 11.8 Å². The van der Waals surface area contributed by atoms with Gasteiger partial charge in [-0.15, -0.1) is 0 Å². The van der Waals surface area contributed by atoms with Crippen LogP contribution in [0.1, 0.15) is 35.2 Å². The highest BCUT2D eigenvalue weighted by molar-refractivity contribution is 9.15. The molecule has 1 aliphatic heterocycles. The van der Waals surface area contributed by atoms with Crippen LogP contribution in [0, 0.1) is 18.8 Å². The van der Waals surface area contributed by atoms with E-state index in [1.807, 2.05) is 55.5 Å². The third-order valence-electron chi connectivity index (χ3n) is 3.93. The third kappa shape index (κ3) is 3.78. The molecule has 0 fully saturated rings. The number of benzene rings is 2. The van der Waals surface area contributed by atoms with Crippen LogP contribution < -0.4 is 0 Å². The molecule has 1 unspecified atom stereocenters. The Balaban J connectivity index is 2.03. The van der Waals surface area contributed by atoms with Gasteiger partial charge in [0.2, 0.25) is 0 Å². The summed E-state index contributed by atoms with van der Waals surface area (Å²) in [6.07, 6.45) is 1.34. The number of ether oxygens (including phenoxy) is 1. The Hall–Kier alpha value is -2.51. The van der Waals surface area contributed by atoms with Crippen molar-refractivity contribution in [3.05, 3.63) is 77.0 Å². The normalized spacial score (nSPS) is 15.6. The molecule has 0 saturated carbocycles. The number of hydrogen-bond donors (Lipinski definition) is 0. The zero-order valence-electron chi connectivity index (χ0n) is 14.1.